The highest BCUT2D eigenvalue weighted by atomic mass is 19.1. The van der Waals surface area contributed by atoms with E-state index in [4.69, 9.17) is 0 Å². The minimum absolute atomic E-state index is 0.0661. The number of hydrogen-bond acceptors (Lipinski definition) is 8. The number of halogens is 1. The molecule has 5 N–H and O–H groups in total. The molecule has 0 spiro atoms. The van der Waals surface area contributed by atoms with E-state index in [2.05, 4.69) is 30.8 Å². The Kier molecular flexibility index (Phi) is 14.5. The maximum absolute atomic E-state index is 13.6. The van der Waals surface area contributed by atoms with Crippen molar-refractivity contribution >= 4 is 24.0 Å². The summed E-state index contributed by atoms with van der Waals surface area (Å²) < 4.78 is 22.9. The van der Waals surface area contributed by atoms with Gasteiger partial charge in [0.1, 0.15) is 17.9 Å². The van der Waals surface area contributed by atoms with Crippen molar-refractivity contribution < 1.29 is 38.1 Å². The minimum Gasteiger partial charge on any atom is -0.453 e. The molecule has 0 aliphatic heterocycles. The highest BCUT2D eigenvalue weighted by molar-refractivity contribution is 5.86. The molecule has 1 unspecified atom stereocenters. The van der Waals surface area contributed by atoms with Gasteiger partial charge in [0.15, 0.2) is 0 Å². The van der Waals surface area contributed by atoms with E-state index in [1.807, 2.05) is 30.3 Å². The lowest BCUT2D eigenvalue weighted by molar-refractivity contribution is -0.131. The molecule has 4 amide bonds. The van der Waals surface area contributed by atoms with Gasteiger partial charge in [0.25, 0.3) is 5.91 Å². The quantitative estimate of drug-likeness (QED) is 0.191. The molecule has 13 heteroatoms. The summed E-state index contributed by atoms with van der Waals surface area (Å²) >= 11 is 0. The number of amides is 4. The van der Waals surface area contributed by atoms with Crippen LogP contribution in [-0.4, -0.2) is 79.1 Å². The second-order valence-electron chi connectivity index (χ2n) is 11.1. The molecule has 4 atom stereocenters. The van der Waals surface area contributed by atoms with E-state index < -0.39 is 54.0 Å². The number of hydrogen-bond donors (Lipinski definition) is 5. The molecule has 2 aromatic rings. The van der Waals surface area contributed by atoms with Crippen LogP contribution in [0.25, 0.3) is 0 Å². The Morgan fingerprint density at radius 2 is 1.30 bits per heavy atom. The SMILES string of the molecule is COC(=O)N[C@H](C(=O)N[C@@H](Cc1ccccc1)C(O)CN(Cc1ccc(F)cc1)NC(=O)[C@@H](NC(=O)OC)C(C)C)C(C)C. The number of rotatable bonds is 15. The molecular formula is C31H44FN5O7. The van der Waals surface area contributed by atoms with Crippen LogP contribution >= 0.6 is 0 Å². The van der Waals surface area contributed by atoms with E-state index in [0.717, 1.165) is 5.56 Å². The van der Waals surface area contributed by atoms with E-state index in [9.17, 15) is 28.7 Å². The van der Waals surface area contributed by atoms with Gasteiger partial charge in [0.2, 0.25) is 5.91 Å². The Bertz CT molecular complexity index is 1210. The van der Waals surface area contributed by atoms with Crippen molar-refractivity contribution in [3.05, 3.63) is 71.5 Å². The molecule has 12 nitrogen and oxygen atoms in total. The third kappa shape index (κ3) is 11.8. The van der Waals surface area contributed by atoms with Crippen LogP contribution in [0.3, 0.4) is 0 Å². The second-order valence-corrected chi connectivity index (χ2v) is 11.1. The lowest BCUT2D eigenvalue weighted by atomic mass is 9.98. The van der Waals surface area contributed by atoms with Crippen LogP contribution in [0.1, 0.15) is 38.8 Å². The first-order valence-corrected chi connectivity index (χ1v) is 14.4. The van der Waals surface area contributed by atoms with Crippen LogP contribution in [0.4, 0.5) is 14.0 Å². The van der Waals surface area contributed by atoms with Crippen molar-refractivity contribution in [2.24, 2.45) is 11.8 Å². The number of nitrogens with zero attached hydrogens (tertiary/aromatic N) is 1. The van der Waals surface area contributed by atoms with E-state index in [1.165, 1.54) is 31.4 Å². The summed E-state index contributed by atoms with van der Waals surface area (Å²) in [5.74, 6) is -2.13. The normalized spacial score (nSPS) is 13.9. The van der Waals surface area contributed by atoms with Gasteiger partial charge in [-0.15, -0.1) is 0 Å². The average molecular weight is 618 g/mol. The summed E-state index contributed by atoms with van der Waals surface area (Å²) in [5.41, 5.74) is 4.21. The van der Waals surface area contributed by atoms with Crippen LogP contribution in [0, 0.1) is 17.7 Å². The molecular weight excluding hydrogens is 573 g/mol. The van der Waals surface area contributed by atoms with E-state index >= 15 is 0 Å². The first-order chi connectivity index (χ1) is 20.8. The highest BCUT2D eigenvalue weighted by Crippen LogP contribution is 2.13. The molecule has 44 heavy (non-hydrogen) atoms. The Morgan fingerprint density at radius 1 is 0.773 bits per heavy atom. The molecule has 0 fully saturated rings. The number of hydrazine groups is 1. The Labute approximate surface area is 257 Å². The molecule has 0 bridgehead atoms. The molecule has 242 valence electrons. The Hall–Kier alpha value is -4.23. The predicted molar refractivity (Wildman–Crippen MR) is 161 cm³/mol. The lowest BCUT2D eigenvalue weighted by Crippen LogP contribution is -2.59. The summed E-state index contributed by atoms with van der Waals surface area (Å²) in [6.45, 7) is 6.92. The molecule has 0 aliphatic rings. The summed E-state index contributed by atoms with van der Waals surface area (Å²) in [5, 5.41) is 20.9. The molecule has 2 rings (SSSR count). The van der Waals surface area contributed by atoms with Gasteiger partial charge in [-0.1, -0.05) is 70.2 Å². The van der Waals surface area contributed by atoms with Gasteiger partial charge in [-0.3, -0.25) is 15.0 Å². The number of benzene rings is 2. The fourth-order valence-corrected chi connectivity index (χ4v) is 4.40. The molecule has 0 aliphatic carbocycles. The number of carbonyl (C=O) groups is 4. The fraction of sp³-hybridized carbons (Fsp3) is 0.484. The molecule has 0 saturated carbocycles. The zero-order valence-corrected chi connectivity index (χ0v) is 26.0. The second kappa shape index (κ2) is 17.8. The fourth-order valence-electron chi connectivity index (χ4n) is 4.40. The lowest BCUT2D eigenvalue weighted by Gasteiger charge is -2.33. The number of methoxy groups -OCH3 is 2. The van der Waals surface area contributed by atoms with Gasteiger partial charge in [-0.2, -0.15) is 0 Å². The van der Waals surface area contributed by atoms with Crippen LogP contribution in [0.15, 0.2) is 54.6 Å². The van der Waals surface area contributed by atoms with E-state index in [0.29, 0.717) is 5.56 Å². The van der Waals surface area contributed by atoms with Crippen molar-refractivity contribution in [2.75, 3.05) is 20.8 Å². The zero-order chi connectivity index (χ0) is 32.8. The minimum atomic E-state index is -1.24. The van der Waals surface area contributed by atoms with Crippen LogP contribution < -0.4 is 21.4 Å². The molecule has 2 aromatic carbocycles. The van der Waals surface area contributed by atoms with Crippen LogP contribution in [-0.2, 0) is 32.0 Å². The van der Waals surface area contributed by atoms with Gasteiger partial charge < -0.3 is 30.5 Å². The highest BCUT2D eigenvalue weighted by Gasteiger charge is 2.32. The third-order valence-electron chi connectivity index (χ3n) is 6.87. The number of alkyl carbamates (subject to hydrolysis) is 2. The van der Waals surface area contributed by atoms with Gasteiger partial charge in [-0.25, -0.2) is 19.0 Å². The van der Waals surface area contributed by atoms with Crippen molar-refractivity contribution in [3.8, 4) is 0 Å². The summed E-state index contributed by atoms with van der Waals surface area (Å²) in [6.07, 6.45) is -2.56. The first kappa shape index (κ1) is 36.0. The summed E-state index contributed by atoms with van der Waals surface area (Å²) in [6, 6.07) is 12.1. The van der Waals surface area contributed by atoms with E-state index in [1.54, 1.807) is 39.8 Å². The number of carbonyl (C=O) groups excluding carboxylic acids is 4. The Balaban J connectivity index is 2.37. The van der Waals surface area contributed by atoms with Gasteiger partial charge in [0, 0.05) is 13.1 Å². The Morgan fingerprint density at radius 3 is 1.80 bits per heavy atom. The van der Waals surface area contributed by atoms with E-state index in [-0.39, 0.29) is 31.3 Å². The average Bonchev–Trinajstić information content (AvgIpc) is 2.98. The zero-order valence-electron chi connectivity index (χ0n) is 26.0. The number of aliphatic hydroxyl groups excluding tert-OH is 1. The maximum atomic E-state index is 13.6. The van der Waals surface area contributed by atoms with Crippen molar-refractivity contribution in [1.29, 1.82) is 0 Å². The van der Waals surface area contributed by atoms with Crippen LogP contribution in [0.5, 0.6) is 0 Å². The van der Waals surface area contributed by atoms with Gasteiger partial charge in [-0.05, 0) is 41.5 Å². The number of ether oxygens (including phenoxy) is 2. The topological polar surface area (TPSA) is 158 Å². The summed E-state index contributed by atoms with van der Waals surface area (Å²) in [7, 11) is 2.38. The van der Waals surface area contributed by atoms with Gasteiger partial charge in [0.05, 0.1) is 26.4 Å². The molecule has 0 aromatic heterocycles. The maximum Gasteiger partial charge on any atom is 0.407 e. The monoisotopic (exact) mass is 617 g/mol. The predicted octanol–water partition coefficient (Wildman–Crippen LogP) is 2.51. The van der Waals surface area contributed by atoms with Gasteiger partial charge >= 0.3 is 12.2 Å². The molecule has 0 radical (unpaired) electrons. The van der Waals surface area contributed by atoms with Crippen molar-refractivity contribution in [2.45, 2.75) is 64.9 Å². The number of nitrogens with one attached hydrogen (secondary N) is 4. The standard InChI is InChI=1S/C31H44FN5O7/c1-19(2)26(34-30(41)43-5)28(39)33-24(16-21-10-8-7-9-11-21)25(38)18-37(17-22-12-14-23(32)15-13-22)36-29(40)27(20(3)4)35-31(42)44-6/h7-15,19-20,24-27,38H,16-18H2,1-6H3,(H,33,39)(H,34,41)(H,35,42)(H,36,40)/t24-,25?,26-,27-/m0/s1. The largest absolute Gasteiger partial charge is 0.453 e. The van der Waals surface area contributed by atoms with Crippen molar-refractivity contribution in [3.63, 3.8) is 0 Å². The van der Waals surface area contributed by atoms with Crippen molar-refractivity contribution in [1.82, 2.24) is 26.4 Å². The third-order valence-corrected chi connectivity index (χ3v) is 6.87. The number of aliphatic hydroxyl groups is 1. The summed E-state index contributed by atoms with van der Waals surface area (Å²) in [4.78, 5) is 50.5. The first-order valence-electron chi connectivity index (χ1n) is 14.4. The smallest absolute Gasteiger partial charge is 0.407 e. The van der Waals surface area contributed by atoms with Crippen LogP contribution in [0.2, 0.25) is 0 Å². The molecule has 0 saturated heterocycles. The molecule has 0 heterocycles.